The number of nitrogens with zero attached hydrogens (tertiary/aromatic N) is 3. The van der Waals surface area contributed by atoms with Crippen molar-refractivity contribution in [1.82, 2.24) is 0 Å². The Morgan fingerprint density at radius 1 is 1.09 bits per heavy atom. The lowest BCUT2D eigenvalue weighted by Crippen LogP contribution is -2.31. The summed E-state index contributed by atoms with van der Waals surface area (Å²) in [5, 5.41) is 25.2. The second kappa shape index (κ2) is 14.2. The minimum Gasteiger partial charge on any atom is -0.506 e. The van der Waals surface area contributed by atoms with E-state index >= 15 is 0 Å². The molecule has 0 aliphatic carbocycles. The Bertz CT molecular complexity index is 934. The fourth-order valence-electron chi connectivity index (χ4n) is 3.47. The highest BCUT2D eigenvalue weighted by Crippen LogP contribution is 2.30. The standard InChI is InChI=1S/C25H31N3O6/c26-28-27-15-8-3-9-16-31-24(30)23(33-18-19-10-4-1-5-11-19)22(29)21-14-17-32-25(34-21)20-12-6-2-7-13-20/h1-2,4-7,10-13,21,24-25,29-30H,3,8-9,14-18H2/b23-22-. The van der Waals surface area contributed by atoms with Gasteiger partial charge in [-0.3, -0.25) is 0 Å². The van der Waals surface area contributed by atoms with E-state index in [1.807, 2.05) is 60.7 Å². The lowest BCUT2D eigenvalue weighted by molar-refractivity contribution is -0.216. The molecular formula is C25H31N3O6. The maximum atomic E-state index is 11.0. The minimum atomic E-state index is -1.46. The van der Waals surface area contributed by atoms with E-state index in [1.54, 1.807) is 0 Å². The van der Waals surface area contributed by atoms with Crippen LogP contribution in [0.1, 0.15) is 43.1 Å². The first-order valence-electron chi connectivity index (χ1n) is 11.4. The zero-order valence-electron chi connectivity index (χ0n) is 19.0. The first-order valence-corrected chi connectivity index (χ1v) is 11.4. The van der Waals surface area contributed by atoms with Crippen LogP contribution in [-0.2, 0) is 25.6 Å². The SMILES string of the molecule is [N-]=[N+]=NCCCCCOC(O)/C(OCc1ccccc1)=C(/O)C1CCOC(c2ccccc2)O1. The monoisotopic (exact) mass is 469 g/mol. The van der Waals surface area contributed by atoms with Crippen molar-refractivity contribution in [2.45, 2.75) is 51.0 Å². The number of aliphatic hydroxyl groups is 2. The van der Waals surface area contributed by atoms with E-state index in [0.717, 1.165) is 24.0 Å². The minimum absolute atomic E-state index is 0.0726. The largest absolute Gasteiger partial charge is 0.506 e. The predicted molar refractivity (Wildman–Crippen MR) is 125 cm³/mol. The first kappa shape index (κ1) is 25.6. The zero-order chi connectivity index (χ0) is 24.0. The summed E-state index contributed by atoms with van der Waals surface area (Å²) in [7, 11) is 0. The smallest absolute Gasteiger partial charge is 0.217 e. The van der Waals surface area contributed by atoms with Crippen LogP contribution in [0.15, 0.2) is 77.3 Å². The molecule has 1 fully saturated rings. The number of rotatable bonds is 13. The number of azide groups is 1. The number of hydrogen-bond acceptors (Lipinski definition) is 7. The summed E-state index contributed by atoms with van der Waals surface area (Å²) in [4.78, 5) is 2.72. The van der Waals surface area contributed by atoms with Gasteiger partial charge in [-0.05, 0) is 23.9 Å². The molecule has 2 N–H and O–H groups in total. The van der Waals surface area contributed by atoms with Crippen molar-refractivity contribution in [3.8, 4) is 0 Å². The van der Waals surface area contributed by atoms with Gasteiger partial charge in [0.05, 0.1) is 13.2 Å². The zero-order valence-corrected chi connectivity index (χ0v) is 19.0. The Morgan fingerprint density at radius 2 is 1.82 bits per heavy atom. The summed E-state index contributed by atoms with van der Waals surface area (Å²) in [6, 6.07) is 18.9. The Hall–Kier alpha value is -3.07. The van der Waals surface area contributed by atoms with Gasteiger partial charge in [0.15, 0.2) is 17.8 Å². The molecule has 2 aromatic carbocycles. The molecule has 34 heavy (non-hydrogen) atoms. The molecule has 1 heterocycles. The van der Waals surface area contributed by atoms with E-state index < -0.39 is 18.7 Å². The maximum absolute atomic E-state index is 11.0. The molecule has 1 aliphatic heterocycles. The van der Waals surface area contributed by atoms with Crippen LogP contribution < -0.4 is 0 Å². The van der Waals surface area contributed by atoms with Crippen LogP contribution in [0.4, 0.5) is 0 Å². The van der Waals surface area contributed by atoms with E-state index in [0.29, 0.717) is 26.0 Å². The van der Waals surface area contributed by atoms with E-state index in [-0.39, 0.29) is 24.7 Å². The molecule has 0 amide bonds. The van der Waals surface area contributed by atoms with Crippen LogP contribution in [0.2, 0.25) is 0 Å². The molecule has 1 aliphatic rings. The molecule has 0 bridgehead atoms. The van der Waals surface area contributed by atoms with Gasteiger partial charge in [0.25, 0.3) is 0 Å². The highest BCUT2D eigenvalue weighted by Gasteiger charge is 2.31. The number of benzene rings is 2. The number of ether oxygens (including phenoxy) is 4. The van der Waals surface area contributed by atoms with Gasteiger partial charge in [0.1, 0.15) is 12.7 Å². The van der Waals surface area contributed by atoms with Crippen LogP contribution in [-0.4, -0.2) is 42.4 Å². The summed E-state index contributed by atoms with van der Waals surface area (Å²) < 4.78 is 23.1. The molecule has 0 spiro atoms. The Morgan fingerprint density at radius 3 is 2.56 bits per heavy atom. The molecule has 3 atom stereocenters. The molecule has 3 rings (SSSR count). The molecule has 182 valence electrons. The summed E-state index contributed by atoms with van der Waals surface area (Å²) in [6.07, 6.45) is -0.225. The van der Waals surface area contributed by atoms with Gasteiger partial charge < -0.3 is 29.2 Å². The summed E-state index contributed by atoms with van der Waals surface area (Å²) in [5.41, 5.74) is 10.0. The van der Waals surface area contributed by atoms with Crippen molar-refractivity contribution < 1.29 is 29.2 Å². The topological polar surface area (TPSA) is 126 Å². The molecule has 1 saturated heterocycles. The number of hydrogen-bond donors (Lipinski definition) is 2. The molecule has 2 aromatic rings. The normalized spacial score (nSPS) is 19.6. The van der Waals surface area contributed by atoms with Crippen LogP contribution in [0.5, 0.6) is 0 Å². The van der Waals surface area contributed by atoms with Crippen LogP contribution in [0.25, 0.3) is 10.4 Å². The third-order valence-corrected chi connectivity index (χ3v) is 5.27. The fraction of sp³-hybridized carbons (Fsp3) is 0.440. The van der Waals surface area contributed by atoms with Crippen molar-refractivity contribution >= 4 is 0 Å². The quantitative estimate of drug-likeness (QED) is 0.102. The fourth-order valence-corrected chi connectivity index (χ4v) is 3.47. The van der Waals surface area contributed by atoms with Crippen LogP contribution >= 0.6 is 0 Å². The molecule has 3 unspecified atom stereocenters. The Labute approximate surface area is 199 Å². The van der Waals surface area contributed by atoms with E-state index in [2.05, 4.69) is 10.0 Å². The number of unbranched alkanes of at least 4 members (excludes halogenated alkanes) is 2. The first-order chi connectivity index (χ1) is 16.7. The summed E-state index contributed by atoms with van der Waals surface area (Å²) in [5.74, 6) is -0.285. The average Bonchev–Trinajstić information content (AvgIpc) is 2.89. The van der Waals surface area contributed by atoms with Crippen LogP contribution in [0.3, 0.4) is 0 Å². The van der Waals surface area contributed by atoms with Crippen molar-refractivity contribution in [2.24, 2.45) is 5.11 Å². The van der Waals surface area contributed by atoms with E-state index in [9.17, 15) is 10.2 Å². The highest BCUT2D eigenvalue weighted by molar-refractivity contribution is 5.18. The van der Waals surface area contributed by atoms with Crippen molar-refractivity contribution in [3.05, 3.63) is 93.8 Å². The van der Waals surface area contributed by atoms with Crippen molar-refractivity contribution in [2.75, 3.05) is 19.8 Å². The van der Waals surface area contributed by atoms with Gasteiger partial charge in [-0.2, -0.15) is 0 Å². The van der Waals surface area contributed by atoms with Gasteiger partial charge in [0, 0.05) is 23.4 Å². The second-order valence-corrected chi connectivity index (χ2v) is 7.79. The van der Waals surface area contributed by atoms with Gasteiger partial charge in [-0.15, -0.1) is 0 Å². The van der Waals surface area contributed by atoms with E-state index in [1.165, 1.54) is 0 Å². The van der Waals surface area contributed by atoms with E-state index in [4.69, 9.17) is 24.5 Å². The summed E-state index contributed by atoms with van der Waals surface area (Å²) >= 11 is 0. The Balaban J connectivity index is 1.66. The maximum Gasteiger partial charge on any atom is 0.217 e. The molecular weight excluding hydrogens is 438 g/mol. The Kier molecular flexibility index (Phi) is 10.7. The van der Waals surface area contributed by atoms with Crippen molar-refractivity contribution in [3.63, 3.8) is 0 Å². The molecule has 0 saturated carbocycles. The highest BCUT2D eigenvalue weighted by atomic mass is 16.7. The molecule has 9 nitrogen and oxygen atoms in total. The van der Waals surface area contributed by atoms with Gasteiger partial charge >= 0.3 is 0 Å². The van der Waals surface area contributed by atoms with Crippen molar-refractivity contribution in [1.29, 1.82) is 0 Å². The lowest BCUT2D eigenvalue weighted by Gasteiger charge is -2.31. The van der Waals surface area contributed by atoms with Gasteiger partial charge in [0.2, 0.25) is 6.29 Å². The van der Waals surface area contributed by atoms with Gasteiger partial charge in [-0.1, -0.05) is 72.2 Å². The lowest BCUT2D eigenvalue weighted by atomic mass is 10.1. The third-order valence-electron chi connectivity index (χ3n) is 5.27. The molecule has 9 heteroatoms. The molecule has 0 radical (unpaired) electrons. The second-order valence-electron chi connectivity index (χ2n) is 7.79. The third kappa shape index (κ3) is 8.06. The van der Waals surface area contributed by atoms with Crippen LogP contribution in [0, 0.1) is 0 Å². The number of aliphatic hydroxyl groups excluding tert-OH is 2. The molecule has 0 aromatic heterocycles. The summed E-state index contributed by atoms with van der Waals surface area (Å²) in [6.45, 7) is 1.21. The predicted octanol–water partition coefficient (Wildman–Crippen LogP) is 5.29. The van der Waals surface area contributed by atoms with Gasteiger partial charge in [-0.25, -0.2) is 0 Å². The average molecular weight is 470 g/mol.